The average Bonchev–Trinajstić information content (AvgIpc) is 2.52. The summed E-state index contributed by atoms with van der Waals surface area (Å²) in [6.07, 6.45) is 1.58. The van der Waals surface area contributed by atoms with Crippen LogP contribution in [0.3, 0.4) is 0 Å². The molecule has 1 aromatic heterocycles. The van der Waals surface area contributed by atoms with Crippen LogP contribution in [0.4, 0.5) is 0 Å². The molecule has 3 nitrogen and oxygen atoms in total. The normalized spacial score (nSPS) is 15.1. The molecule has 1 aromatic rings. The van der Waals surface area contributed by atoms with Gasteiger partial charge in [0.2, 0.25) is 0 Å². The summed E-state index contributed by atoms with van der Waals surface area (Å²) in [7, 11) is 0. The Bertz CT molecular complexity index is 382. The summed E-state index contributed by atoms with van der Waals surface area (Å²) in [6, 6.07) is 0. The van der Waals surface area contributed by atoms with Crippen LogP contribution < -0.4 is 0 Å². The van der Waals surface area contributed by atoms with Crippen molar-refractivity contribution in [3.63, 3.8) is 0 Å². The molecule has 1 rings (SSSR count). The number of nitrogens with zero attached hydrogens (tertiary/aromatic N) is 2. The molecule has 1 N–H and O–H groups in total. The molecule has 0 radical (unpaired) electrons. The first-order valence-electron chi connectivity index (χ1n) is 7.08. The van der Waals surface area contributed by atoms with Crippen molar-refractivity contribution in [3.8, 4) is 0 Å². The van der Waals surface area contributed by atoms with Gasteiger partial charge in [-0.3, -0.25) is 4.68 Å². The van der Waals surface area contributed by atoms with E-state index in [1.165, 1.54) is 6.42 Å². The highest BCUT2D eigenvalue weighted by atomic mass is 16.3. The van der Waals surface area contributed by atoms with E-state index in [9.17, 15) is 5.11 Å². The SMILES string of the molecule is CCC(O)c1c(C)nn(CC(C)CC(C)C)c1C. The van der Waals surface area contributed by atoms with Crippen LogP contribution in [0.2, 0.25) is 0 Å². The van der Waals surface area contributed by atoms with Crippen LogP contribution in [-0.4, -0.2) is 14.9 Å². The van der Waals surface area contributed by atoms with Gasteiger partial charge in [-0.1, -0.05) is 27.7 Å². The molecule has 0 aliphatic heterocycles. The van der Waals surface area contributed by atoms with Crippen molar-refractivity contribution in [2.24, 2.45) is 11.8 Å². The summed E-state index contributed by atoms with van der Waals surface area (Å²) in [4.78, 5) is 0. The van der Waals surface area contributed by atoms with Crippen LogP contribution in [-0.2, 0) is 6.54 Å². The second-order valence-electron chi connectivity index (χ2n) is 5.93. The van der Waals surface area contributed by atoms with E-state index < -0.39 is 0 Å². The predicted molar refractivity (Wildman–Crippen MR) is 75.6 cm³/mol. The maximum atomic E-state index is 10.0. The minimum Gasteiger partial charge on any atom is -0.388 e. The Hall–Kier alpha value is -0.830. The lowest BCUT2D eigenvalue weighted by molar-refractivity contribution is 0.172. The summed E-state index contributed by atoms with van der Waals surface area (Å²) in [5, 5.41) is 14.6. The number of aryl methyl sites for hydroxylation is 1. The highest BCUT2D eigenvalue weighted by molar-refractivity contribution is 5.26. The van der Waals surface area contributed by atoms with Gasteiger partial charge in [0.25, 0.3) is 0 Å². The molecule has 0 fully saturated rings. The molecule has 3 heteroatoms. The number of rotatable bonds is 6. The molecule has 2 atom stereocenters. The molecule has 0 amide bonds. The van der Waals surface area contributed by atoms with Crippen LogP contribution in [0.25, 0.3) is 0 Å². The van der Waals surface area contributed by atoms with E-state index in [1.54, 1.807) is 0 Å². The summed E-state index contributed by atoms with van der Waals surface area (Å²) in [5.74, 6) is 1.34. The van der Waals surface area contributed by atoms with Crippen LogP contribution in [0, 0.1) is 25.7 Å². The number of aliphatic hydroxyl groups excluding tert-OH is 1. The maximum Gasteiger partial charge on any atom is 0.0823 e. The highest BCUT2D eigenvalue weighted by Gasteiger charge is 2.18. The minimum atomic E-state index is -0.376. The summed E-state index contributed by atoms with van der Waals surface area (Å²) in [6.45, 7) is 13.8. The Kier molecular flexibility index (Phi) is 5.39. The molecule has 2 unspecified atom stereocenters. The van der Waals surface area contributed by atoms with Crippen LogP contribution in [0.1, 0.15) is 63.6 Å². The van der Waals surface area contributed by atoms with E-state index in [4.69, 9.17) is 0 Å². The Morgan fingerprint density at radius 3 is 2.33 bits per heavy atom. The zero-order valence-electron chi connectivity index (χ0n) is 12.7. The first kappa shape index (κ1) is 15.2. The Morgan fingerprint density at radius 1 is 1.22 bits per heavy atom. The Balaban J connectivity index is 2.85. The van der Waals surface area contributed by atoms with Crippen molar-refractivity contribution in [1.29, 1.82) is 0 Å². The highest BCUT2D eigenvalue weighted by Crippen LogP contribution is 2.25. The summed E-state index contributed by atoms with van der Waals surface area (Å²) < 4.78 is 2.07. The number of hydrogen-bond acceptors (Lipinski definition) is 2. The minimum absolute atomic E-state index is 0.376. The lowest BCUT2D eigenvalue weighted by Crippen LogP contribution is -2.13. The molecule has 0 aliphatic carbocycles. The van der Waals surface area contributed by atoms with Crippen LogP contribution in [0.15, 0.2) is 0 Å². The number of aliphatic hydroxyl groups is 1. The van der Waals surface area contributed by atoms with Gasteiger partial charge in [0.15, 0.2) is 0 Å². The molecule has 0 saturated carbocycles. The van der Waals surface area contributed by atoms with E-state index in [1.807, 2.05) is 13.8 Å². The second kappa shape index (κ2) is 6.37. The largest absolute Gasteiger partial charge is 0.388 e. The molecule has 18 heavy (non-hydrogen) atoms. The molecule has 0 spiro atoms. The summed E-state index contributed by atoms with van der Waals surface area (Å²) in [5.41, 5.74) is 3.12. The molecule has 104 valence electrons. The van der Waals surface area contributed by atoms with E-state index in [0.717, 1.165) is 35.8 Å². The Morgan fingerprint density at radius 2 is 1.83 bits per heavy atom. The van der Waals surface area contributed by atoms with E-state index >= 15 is 0 Å². The second-order valence-corrected chi connectivity index (χ2v) is 5.93. The number of aromatic nitrogens is 2. The smallest absolute Gasteiger partial charge is 0.0823 e. The third-order valence-corrected chi connectivity index (χ3v) is 3.52. The van der Waals surface area contributed by atoms with Crippen molar-refractivity contribution < 1.29 is 5.11 Å². The van der Waals surface area contributed by atoms with Gasteiger partial charge >= 0.3 is 0 Å². The fraction of sp³-hybridized carbons (Fsp3) is 0.800. The lowest BCUT2D eigenvalue weighted by Gasteiger charge is -2.15. The zero-order chi connectivity index (χ0) is 13.9. The molecule has 0 saturated heterocycles. The van der Waals surface area contributed by atoms with Gasteiger partial charge in [-0.2, -0.15) is 5.10 Å². The molecular formula is C15H28N2O. The van der Waals surface area contributed by atoms with Crippen molar-refractivity contribution in [2.45, 2.75) is 67.0 Å². The topological polar surface area (TPSA) is 38.1 Å². The van der Waals surface area contributed by atoms with Gasteiger partial charge in [0.05, 0.1) is 11.8 Å². The summed E-state index contributed by atoms with van der Waals surface area (Å²) >= 11 is 0. The standard InChI is InChI=1S/C15H28N2O/c1-7-14(18)15-12(5)16-17(13(15)6)9-11(4)8-10(2)3/h10-11,14,18H,7-9H2,1-6H3. The molecule has 0 bridgehead atoms. The number of hydrogen-bond donors (Lipinski definition) is 1. The van der Waals surface area contributed by atoms with Crippen LogP contribution in [0.5, 0.6) is 0 Å². The molecule has 0 aliphatic rings. The third-order valence-electron chi connectivity index (χ3n) is 3.52. The van der Waals surface area contributed by atoms with Gasteiger partial charge in [0.1, 0.15) is 0 Å². The van der Waals surface area contributed by atoms with E-state index in [-0.39, 0.29) is 6.10 Å². The predicted octanol–water partition coefficient (Wildman–Crippen LogP) is 3.63. The lowest BCUT2D eigenvalue weighted by atomic mass is 9.99. The van der Waals surface area contributed by atoms with E-state index in [2.05, 4.69) is 37.5 Å². The first-order valence-corrected chi connectivity index (χ1v) is 7.08. The molecule has 0 aromatic carbocycles. The fourth-order valence-corrected chi connectivity index (χ4v) is 2.75. The van der Waals surface area contributed by atoms with Gasteiger partial charge in [0, 0.05) is 17.8 Å². The Labute approximate surface area is 111 Å². The third kappa shape index (κ3) is 3.58. The van der Waals surface area contributed by atoms with Gasteiger partial charge in [-0.25, -0.2) is 0 Å². The van der Waals surface area contributed by atoms with Crippen molar-refractivity contribution in [2.75, 3.05) is 0 Å². The van der Waals surface area contributed by atoms with Crippen LogP contribution >= 0.6 is 0 Å². The van der Waals surface area contributed by atoms with Crippen molar-refractivity contribution in [3.05, 3.63) is 17.0 Å². The first-order chi connectivity index (χ1) is 8.36. The van der Waals surface area contributed by atoms with Crippen molar-refractivity contribution >= 4 is 0 Å². The average molecular weight is 252 g/mol. The fourth-order valence-electron chi connectivity index (χ4n) is 2.75. The molecule has 1 heterocycles. The van der Waals surface area contributed by atoms with Gasteiger partial charge in [-0.05, 0) is 38.5 Å². The van der Waals surface area contributed by atoms with E-state index in [0.29, 0.717) is 5.92 Å². The molecular weight excluding hydrogens is 224 g/mol. The monoisotopic (exact) mass is 252 g/mol. The van der Waals surface area contributed by atoms with Gasteiger partial charge < -0.3 is 5.11 Å². The van der Waals surface area contributed by atoms with Gasteiger partial charge in [-0.15, -0.1) is 0 Å². The maximum absolute atomic E-state index is 10.0. The quantitative estimate of drug-likeness (QED) is 0.839. The zero-order valence-corrected chi connectivity index (χ0v) is 12.7. The van der Waals surface area contributed by atoms with Crippen molar-refractivity contribution in [1.82, 2.24) is 9.78 Å².